The van der Waals surface area contributed by atoms with Crippen LogP contribution in [0.2, 0.25) is 0 Å². The number of anilines is 2. The summed E-state index contributed by atoms with van der Waals surface area (Å²) in [5.74, 6) is 0. The predicted molar refractivity (Wildman–Crippen MR) is 85.5 cm³/mol. The summed E-state index contributed by atoms with van der Waals surface area (Å²) < 4.78 is 2.20. The van der Waals surface area contributed by atoms with E-state index >= 15 is 0 Å². The zero-order valence-electron chi connectivity index (χ0n) is 10.1. The molecule has 0 unspecified atom stereocenters. The molecule has 19 heavy (non-hydrogen) atoms. The minimum atomic E-state index is 0.759. The third kappa shape index (κ3) is 2.88. The van der Waals surface area contributed by atoms with Crippen molar-refractivity contribution < 1.29 is 0 Å². The maximum absolute atomic E-state index is 5.77. The highest BCUT2D eigenvalue weighted by Gasteiger charge is 2.03. The number of nitrogens with zero attached hydrogens (tertiary/aromatic N) is 1. The molecule has 0 radical (unpaired) electrons. The van der Waals surface area contributed by atoms with E-state index in [1.165, 1.54) is 5.56 Å². The molecule has 0 fully saturated rings. The number of hydrogen-bond donors (Lipinski definition) is 2. The molecular formula is C14H12BrN3S. The fourth-order valence-electron chi connectivity index (χ4n) is 1.84. The van der Waals surface area contributed by atoms with Gasteiger partial charge in [0.1, 0.15) is 0 Å². The molecule has 1 heterocycles. The van der Waals surface area contributed by atoms with Gasteiger partial charge in [-0.15, -0.1) is 0 Å². The second kappa shape index (κ2) is 5.19. The zero-order valence-corrected chi connectivity index (χ0v) is 12.5. The Morgan fingerprint density at radius 2 is 2.11 bits per heavy atom. The lowest BCUT2D eigenvalue weighted by Gasteiger charge is -2.02. The molecule has 0 spiro atoms. The van der Waals surface area contributed by atoms with Gasteiger partial charge in [0.25, 0.3) is 0 Å². The topological polar surface area (TPSA) is 50.9 Å². The van der Waals surface area contributed by atoms with E-state index in [1.807, 2.05) is 30.3 Å². The average molecular weight is 334 g/mol. The SMILES string of the molecule is Nc1ccc2nc(NCc3cccc(Br)c3)sc2c1. The fraction of sp³-hybridized carbons (Fsp3) is 0.0714. The quantitative estimate of drug-likeness (QED) is 0.704. The van der Waals surface area contributed by atoms with E-state index in [1.54, 1.807) is 11.3 Å². The molecule has 3 rings (SSSR count). The van der Waals surface area contributed by atoms with Gasteiger partial charge in [-0.1, -0.05) is 39.4 Å². The average Bonchev–Trinajstić information content (AvgIpc) is 2.78. The highest BCUT2D eigenvalue weighted by atomic mass is 79.9. The number of hydrogen-bond acceptors (Lipinski definition) is 4. The van der Waals surface area contributed by atoms with Gasteiger partial charge in [-0.05, 0) is 35.9 Å². The van der Waals surface area contributed by atoms with Gasteiger partial charge in [-0.2, -0.15) is 0 Å². The summed E-state index contributed by atoms with van der Waals surface area (Å²) in [6, 6.07) is 14.0. The van der Waals surface area contributed by atoms with E-state index < -0.39 is 0 Å². The van der Waals surface area contributed by atoms with E-state index in [4.69, 9.17) is 5.73 Å². The smallest absolute Gasteiger partial charge is 0.184 e. The molecule has 3 aromatic rings. The lowest BCUT2D eigenvalue weighted by molar-refractivity contribution is 1.14. The standard InChI is InChI=1S/C14H12BrN3S/c15-10-3-1-2-9(6-10)8-17-14-18-12-5-4-11(16)7-13(12)19-14/h1-7H,8,16H2,(H,17,18). The van der Waals surface area contributed by atoms with E-state index in [0.717, 1.165) is 32.1 Å². The summed E-state index contributed by atoms with van der Waals surface area (Å²) in [7, 11) is 0. The van der Waals surface area contributed by atoms with Crippen LogP contribution in [0.25, 0.3) is 10.2 Å². The lowest BCUT2D eigenvalue weighted by atomic mass is 10.2. The number of thiazole rings is 1. The van der Waals surface area contributed by atoms with E-state index in [2.05, 4.69) is 38.4 Å². The number of rotatable bonds is 3. The van der Waals surface area contributed by atoms with E-state index in [-0.39, 0.29) is 0 Å². The Kier molecular flexibility index (Phi) is 3.40. The molecule has 0 aliphatic rings. The Balaban J connectivity index is 1.78. The van der Waals surface area contributed by atoms with Gasteiger partial charge in [0.05, 0.1) is 10.2 Å². The molecule has 3 N–H and O–H groups in total. The first-order chi connectivity index (χ1) is 9.20. The Labute approximate surface area is 123 Å². The van der Waals surface area contributed by atoms with Crippen molar-refractivity contribution in [2.75, 3.05) is 11.1 Å². The van der Waals surface area contributed by atoms with Crippen LogP contribution in [0.5, 0.6) is 0 Å². The van der Waals surface area contributed by atoms with Crippen LogP contribution in [0.4, 0.5) is 10.8 Å². The highest BCUT2D eigenvalue weighted by molar-refractivity contribution is 9.10. The summed E-state index contributed by atoms with van der Waals surface area (Å²) in [6.45, 7) is 0.759. The Morgan fingerprint density at radius 1 is 1.21 bits per heavy atom. The molecule has 0 saturated carbocycles. The molecule has 0 saturated heterocycles. The van der Waals surface area contributed by atoms with E-state index in [9.17, 15) is 0 Å². The molecule has 0 aliphatic carbocycles. The molecular weight excluding hydrogens is 322 g/mol. The molecule has 1 aromatic heterocycles. The first-order valence-corrected chi connectivity index (χ1v) is 7.46. The summed E-state index contributed by atoms with van der Waals surface area (Å²) in [6.07, 6.45) is 0. The van der Waals surface area contributed by atoms with Crippen molar-refractivity contribution in [3.8, 4) is 0 Å². The number of fused-ring (bicyclic) bond motifs is 1. The van der Waals surface area contributed by atoms with Gasteiger partial charge in [-0.25, -0.2) is 4.98 Å². The summed E-state index contributed by atoms with van der Waals surface area (Å²) in [4.78, 5) is 4.53. The number of aromatic nitrogens is 1. The second-order valence-corrected chi connectivity index (χ2v) is 6.18. The van der Waals surface area contributed by atoms with Gasteiger partial charge in [0, 0.05) is 16.7 Å². The van der Waals surface area contributed by atoms with Gasteiger partial charge in [-0.3, -0.25) is 0 Å². The third-order valence-electron chi connectivity index (χ3n) is 2.75. The minimum Gasteiger partial charge on any atom is -0.399 e. The van der Waals surface area contributed by atoms with Crippen LogP contribution in [-0.2, 0) is 6.54 Å². The monoisotopic (exact) mass is 333 g/mol. The first kappa shape index (κ1) is 12.4. The molecule has 0 amide bonds. The summed E-state index contributed by atoms with van der Waals surface area (Å²) in [5, 5.41) is 4.26. The van der Waals surface area contributed by atoms with Crippen LogP contribution >= 0.6 is 27.3 Å². The highest BCUT2D eigenvalue weighted by Crippen LogP contribution is 2.27. The van der Waals surface area contributed by atoms with Gasteiger partial charge < -0.3 is 11.1 Å². The summed E-state index contributed by atoms with van der Waals surface area (Å²) >= 11 is 5.09. The van der Waals surface area contributed by atoms with Crippen LogP contribution in [0.3, 0.4) is 0 Å². The normalized spacial score (nSPS) is 10.8. The maximum atomic E-state index is 5.77. The van der Waals surface area contributed by atoms with Crippen LogP contribution in [0.15, 0.2) is 46.9 Å². The Bertz CT molecular complexity index is 724. The molecule has 5 heteroatoms. The van der Waals surface area contributed by atoms with Crippen molar-refractivity contribution in [3.05, 3.63) is 52.5 Å². The molecule has 0 bridgehead atoms. The van der Waals surface area contributed by atoms with Gasteiger partial charge in [0.2, 0.25) is 0 Å². The van der Waals surface area contributed by atoms with Crippen LogP contribution in [-0.4, -0.2) is 4.98 Å². The Hall–Kier alpha value is -1.59. The number of nitrogens with two attached hydrogens (primary N) is 1. The lowest BCUT2D eigenvalue weighted by Crippen LogP contribution is -1.98. The molecule has 96 valence electrons. The van der Waals surface area contributed by atoms with Gasteiger partial charge >= 0.3 is 0 Å². The number of benzene rings is 2. The van der Waals surface area contributed by atoms with Gasteiger partial charge in [0.15, 0.2) is 5.13 Å². The van der Waals surface area contributed by atoms with E-state index in [0.29, 0.717) is 0 Å². The number of halogens is 1. The third-order valence-corrected chi connectivity index (χ3v) is 4.21. The predicted octanol–water partition coefficient (Wildman–Crippen LogP) is 4.25. The molecule has 2 aromatic carbocycles. The Morgan fingerprint density at radius 3 is 2.95 bits per heavy atom. The largest absolute Gasteiger partial charge is 0.399 e. The van der Waals surface area contributed by atoms with Crippen LogP contribution in [0.1, 0.15) is 5.56 Å². The van der Waals surface area contributed by atoms with Crippen molar-refractivity contribution in [1.29, 1.82) is 0 Å². The fourth-order valence-corrected chi connectivity index (χ4v) is 3.20. The minimum absolute atomic E-state index is 0.759. The van der Waals surface area contributed by atoms with Crippen molar-refractivity contribution in [2.45, 2.75) is 6.54 Å². The number of nitrogen functional groups attached to an aromatic ring is 1. The maximum Gasteiger partial charge on any atom is 0.184 e. The summed E-state index contributed by atoms with van der Waals surface area (Å²) in [5.41, 5.74) is 8.74. The zero-order chi connectivity index (χ0) is 13.2. The second-order valence-electron chi connectivity index (χ2n) is 4.23. The van der Waals surface area contributed by atoms with Crippen molar-refractivity contribution in [2.24, 2.45) is 0 Å². The first-order valence-electron chi connectivity index (χ1n) is 5.85. The molecule has 3 nitrogen and oxygen atoms in total. The van der Waals surface area contributed by atoms with Crippen molar-refractivity contribution in [3.63, 3.8) is 0 Å². The number of nitrogens with one attached hydrogen (secondary N) is 1. The van der Waals surface area contributed by atoms with Crippen LogP contribution < -0.4 is 11.1 Å². The molecule has 0 atom stereocenters. The van der Waals surface area contributed by atoms with Crippen LogP contribution in [0, 0.1) is 0 Å². The van der Waals surface area contributed by atoms with Crippen molar-refractivity contribution in [1.82, 2.24) is 4.98 Å². The molecule has 0 aliphatic heterocycles. The van der Waals surface area contributed by atoms with Crippen molar-refractivity contribution >= 4 is 48.3 Å².